The van der Waals surface area contributed by atoms with Crippen LogP contribution < -0.4 is 0 Å². The summed E-state index contributed by atoms with van der Waals surface area (Å²) in [7, 11) is -1.90. The molecule has 0 atom stereocenters. The summed E-state index contributed by atoms with van der Waals surface area (Å²) in [5, 5.41) is 0. The third-order valence-electron chi connectivity index (χ3n) is 2.35. The van der Waals surface area contributed by atoms with Gasteiger partial charge in [0.2, 0.25) is 0 Å². The molecule has 1 aliphatic heterocycles. The van der Waals surface area contributed by atoms with Gasteiger partial charge in [-0.15, -0.1) is 15.6 Å². The van der Waals surface area contributed by atoms with Crippen molar-refractivity contribution in [1.82, 2.24) is 0 Å². The fourth-order valence-electron chi connectivity index (χ4n) is 1.21. The minimum absolute atomic E-state index is 0.147. The van der Waals surface area contributed by atoms with Gasteiger partial charge in [-0.2, -0.15) is 0 Å². The van der Waals surface area contributed by atoms with Crippen molar-refractivity contribution in [2.24, 2.45) is 5.41 Å². The molecule has 80 valence electrons. The first-order chi connectivity index (χ1) is 6.72. The highest BCUT2D eigenvalue weighted by Crippen LogP contribution is 2.38. The van der Waals surface area contributed by atoms with E-state index < -0.39 is 8.25 Å². The molecule has 0 radical (unpaired) electrons. The Morgan fingerprint density at radius 3 is 2.71 bits per heavy atom. The van der Waals surface area contributed by atoms with Crippen LogP contribution in [0.3, 0.4) is 0 Å². The zero-order valence-corrected chi connectivity index (χ0v) is 9.29. The number of rotatable bonds is 5. The summed E-state index contributed by atoms with van der Waals surface area (Å²) in [5.74, 6) is 0. The van der Waals surface area contributed by atoms with Crippen LogP contribution in [0.15, 0.2) is 12.7 Å². The summed E-state index contributed by atoms with van der Waals surface area (Å²) >= 11 is 0. The Balaban J connectivity index is 2.41. The van der Waals surface area contributed by atoms with Gasteiger partial charge >= 0.3 is 8.25 Å². The third-order valence-corrected chi connectivity index (χ3v) is 3.03. The normalized spacial score (nSPS) is 30.2. The minimum Gasteiger partial charge on any atom is -0.377 e. The molecule has 0 bridgehead atoms. The molecule has 0 aromatic heterocycles. The van der Waals surface area contributed by atoms with Crippen LogP contribution in [-0.2, 0) is 18.3 Å². The van der Waals surface area contributed by atoms with Gasteiger partial charge in [0.25, 0.3) is 0 Å². The maximum Gasteiger partial charge on any atom is 0.697 e. The highest BCUT2D eigenvalue weighted by molar-refractivity contribution is 7.33. The van der Waals surface area contributed by atoms with Crippen LogP contribution in [0.5, 0.6) is 0 Å². The van der Waals surface area contributed by atoms with Gasteiger partial charge < -0.3 is 4.74 Å². The molecule has 0 aromatic carbocycles. The Kier molecular flexibility index (Phi) is 4.69. The Morgan fingerprint density at radius 1 is 1.57 bits per heavy atom. The Morgan fingerprint density at radius 2 is 2.21 bits per heavy atom. The van der Waals surface area contributed by atoms with Crippen molar-refractivity contribution in [3.63, 3.8) is 0 Å². The van der Waals surface area contributed by atoms with E-state index in [4.69, 9.17) is 13.8 Å². The standard InChI is InChI=1S/C9H16O4P/c1-3-5-11-6-9(4-2)7-12-14(10)13-8-9/h3H,1,4-8H2,2H3/q+1. The van der Waals surface area contributed by atoms with Crippen LogP contribution >= 0.6 is 8.25 Å². The summed E-state index contributed by atoms with van der Waals surface area (Å²) in [6, 6.07) is 0. The highest BCUT2D eigenvalue weighted by Gasteiger charge is 2.42. The molecule has 1 fully saturated rings. The van der Waals surface area contributed by atoms with Gasteiger partial charge in [-0.3, -0.25) is 0 Å². The van der Waals surface area contributed by atoms with E-state index in [0.717, 1.165) is 6.42 Å². The first-order valence-corrected chi connectivity index (χ1v) is 5.74. The molecule has 1 aliphatic rings. The molecule has 1 saturated heterocycles. The van der Waals surface area contributed by atoms with E-state index in [0.29, 0.717) is 26.4 Å². The molecule has 0 amide bonds. The fourth-order valence-corrected chi connectivity index (χ4v) is 2.04. The zero-order valence-electron chi connectivity index (χ0n) is 8.40. The zero-order chi connectivity index (χ0) is 10.4. The van der Waals surface area contributed by atoms with Crippen molar-refractivity contribution in [3.05, 3.63) is 12.7 Å². The number of hydrogen-bond acceptors (Lipinski definition) is 4. The van der Waals surface area contributed by atoms with Crippen LogP contribution in [0, 0.1) is 5.41 Å². The van der Waals surface area contributed by atoms with Crippen molar-refractivity contribution in [3.8, 4) is 0 Å². The van der Waals surface area contributed by atoms with Crippen LogP contribution in [0.4, 0.5) is 0 Å². The van der Waals surface area contributed by atoms with Crippen molar-refractivity contribution in [1.29, 1.82) is 0 Å². The van der Waals surface area contributed by atoms with Gasteiger partial charge in [-0.25, -0.2) is 0 Å². The van der Waals surface area contributed by atoms with Gasteiger partial charge in [-0.05, 0) is 6.42 Å². The molecule has 5 heteroatoms. The second-order valence-electron chi connectivity index (χ2n) is 3.43. The van der Waals surface area contributed by atoms with Crippen molar-refractivity contribution in [2.45, 2.75) is 13.3 Å². The average Bonchev–Trinajstić information content (AvgIpc) is 2.22. The maximum absolute atomic E-state index is 10.8. The lowest BCUT2D eigenvalue weighted by molar-refractivity contribution is -0.0364. The van der Waals surface area contributed by atoms with Crippen molar-refractivity contribution in [2.75, 3.05) is 26.4 Å². The van der Waals surface area contributed by atoms with Crippen molar-refractivity contribution < 1.29 is 18.3 Å². The van der Waals surface area contributed by atoms with E-state index in [1.54, 1.807) is 6.08 Å². The van der Waals surface area contributed by atoms with E-state index in [1.807, 2.05) is 6.92 Å². The number of ether oxygens (including phenoxy) is 1. The molecule has 0 aliphatic carbocycles. The molecule has 0 saturated carbocycles. The first-order valence-electron chi connectivity index (χ1n) is 4.64. The lowest BCUT2D eigenvalue weighted by Crippen LogP contribution is -2.37. The Bertz CT molecular complexity index is 207. The van der Waals surface area contributed by atoms with E-state index in [9.17, 15) is 4.57 Å². The second kappa shape index (κ2) is 5.56. The first kappa shape index (κ1) is 11.8. The highest BCUT2D eigenvalue weighted by atomic mass is 31.1. The minimum atomic E-state index is -1.90. The molecule has 1 rings (SSSR count). The predicted molar refractivity (Wildman–Crippen MR) is 53.3 cm³/mol. The van der Waals surface area contributed by atoms with Crippen molar-refractivity contribution >= 4 is 8.25 Å². The predicted octanol–water partition coefficient (Wildman–Crippen LogP) is 2.29. The van der Waals surface area contributed by atoms with Gasteiger partial charge in [0.1, 0.15) is 13.2 Å². The molecular formula is C9H16O4P+. The largest absolute Gasteiger partial charge is 0.697 e. The summed E-state index contributed by atoms with van der Waals surface area (Å²) in [5.41, 5.74) is -0.147. The molecule has 0 aromatic rings. The monoisotopic (exact) mass is 219 g/mol. The van der Waals surface area contributed by atoms with Gasteiger partial charge in [0, 0.05) is 4.57 Å². The Labute approximate surface area is 85.2 Å². The lowest BCUT2D eigenvalue weighted by atomic mass is 9.88. The smallest absolute Gasteiger partial charge is 0.377 e. The molecule has 14 heavy (non-hydrogen) atoms. The van der Waals surface area contributed by atoms with E-state index in [-0.39, 0.29) is 5.41 Å². The second-order valence-corrected chi connectivity index (χ2v) is 4.39. The van der Waals surface area contributed by atoms with Crippen LogP contribution in [0.2, 0.25) is 0 Å². The lowest BCUT2D eigenvalue weighted by Gasteiger charge is -2.29. The van der Waals surface area contributed by atoms with E-state index >= 15 is 0 Å². The number of hydrogen-bond donors (Lipinski definition) is 0. The van der Waals surface area contributed by atoms with Crippen LogP contribution in [0.25, 0.3) is 0 Å². The summed E-state index contributed by atoms with van der Waals surface area (Å²) in [6.07, 6.45) is 2.59. The summed E-state index contributed by atoms with van der Waals surface area (Å²) in [6.45, 7) is 7.57. The topological polar surface area (TPSA) is 44.8 Å². The maximum atomic E-state index is 10.8. The third kappa shape index (κ3) is 3.14. The molecule has 4 nitrogen and oxygen atoms in total. The van der Waals surface area contributed by atoms with E-state index in [2.05, 4.69) is 6.58 Å². The molecular weight excluding hydrogens is 203 g/mol. The SMILES string of the molecule is C=CCOCC1(CC)CO[P+](=O)OC1. The van der Waals surface area contributed by atoms with Gasteiger partial charge in [0.05, 0.1) is 18.6 Å². The fraction of sp³-hybridized carbons (Fsp3) is 0.778. The Hall–Kier alpha value is -0.280. The van der Waals surface area contributed by atoms with Gasteiger partial charge in [0.15, 0.2) is 0 Å². The molecule has 0 unspecified atom stereocenters. The molecule has 0 spiro atoms. The summed E-state index contributed by atoms with van der Waals surface area (Å²) < 4.78 is 26.2. The van der Waals surface area contributed by atoms with E-state index in [1.165, 1.54) is 0 Å². The van der Waals surface area contributed by atoms with Crippen LogP contribution in [-0.4, -0.2) is 26.4 Å². The van der Waals surface area contributed by atoms with Gasteiger partial charge in [-0.1, -0.05) is 13.0 Å². The average molecular weight is 219 g/mol. The molecule has 1 heterocycles. The van der Waals surface area contributed by atoms with Crippen LogP contribution in [0.1, 0.15) is 13.3 Å². The quantitative estimate of drug-likeness (QED) is 0.404. The summed E-state index contributed by atoms with van der Waals surface area (Å²) in [4.78, 5) is 0. The molecule has 0 N–H and O–H groups in total.